The molecule has 0 bridgehead atoms. The van der Waals surface area contributed by atoms with E-state index in [2.05, 4.69) is 21.5 Å². The highest BCUT2D eigenvalue weighted by Gasteiger charge is 2.39. The number of nitrogens with one attached hydrogen (secondary N) is 1. The lowest BCUT2D eigenvalue weighted by Crippen LogP contribution is -2.40. The summed E-state index contributed by atoms with van der Waals surface area (Å²) in [5, 5.41) is 11.2. The second kappa shape index (κ2) is 7.06. The van der Waals surface area contributed by atoms with Crippen LogP contribution in [-0.4, -0.2) is 24.0 Å². The molecule has 0 aromatic heterocycles. The van der Waals surface area contributed by atoms with Crippen LogP contribution in [0.25, 0.3) is 0 Å². The number of benzene rings is 1. The number of nitrogens with zero attached hydrogens (tertiary/aromatic N) is 3. The van der Waals surface area contributed by atoms with E-state index >= 15 is 0 Å². The summed E-state index contributed by atoms with van der Waals surface area (Å²) in [6.45, 7) is 2.17. The van der Waals surface area contributed by atoms with Gasteiger partial charge in [0.1, 0.15) is 0 Å². The van der Waals surface area contributed by atoms with Crippen LogP contribution in [0.15, 0.2) is 34.5 Å². The Kier molecular flexibility index (Phi) is 4.84. The standard InChI is InChI=1S/C19H22N4O2/c1-3-4-11-19(21-22-19)12-9-18(25)20-16-10-13-23(14(2)24)17-8-6-5-7-15(16)17/h1,5-8,16H,4,9-13H2,2H3,(H,20,25). The highest BCUT2D eigenvalue weighted by atomic mass is 16.2. The van der Waals surface area contributed by atoms with E-state index in [1.807, 2.05) is 24.3 Å². The van der Waals surface area contributed by atoms with Crippen molar-refractivity contribution in [1.82, 2.24) is 5.32 Å². The third-order valence-corrected chi connectivity index (χ3v) is 4.76. The molecule has 25 heavy (non-hydrogen) atoms. The molecule has 2 aliphatic heterocycles. The molecule has 1 atom stereocenters. The average Bonchev–Trinajstić information content (AvgIpc) is 3.39. The Morgan fingerprint density at radius 2 is 2.12 bits per heavy atom. The molecular formula is C19H22N4O2. The van der Waals surface area contributed by atoms with Gasteiger partial charge in [-0.1, -0.05) is 18.2 Å². The van der Waals surface area contributed by atoms with Crippen molar-refractivity contribution in [1.29, 1.82) is 0 Å². The van der Waals surface area contributed by atoms with Crippen molar-refractivity contribution in [3.8, 4) is 12.3 Å². The predicted molar refractivity (Wildman–Crippen MR) is 94.9 cm³/mol. The number of rotatable bonds is 6. The highest BCUT2D eigenvalue weighted by Crippen LogP contribution is 2.38. The van der Waals surface area contributed by atoms with Gasteiger partial charge in [0.05, 0.1) is 6.04 Å². The first kappa shape index (κ1) is 17.2. The fourth-order valence-electron chi connectivity index (χ4n) is 3.29. The van der Waals surface area contributed by atoms with E-state index < -0.39 is 5.66 Å². The summed E-state index contributed by atoms with van der Waals surface area (Å²) in [6, 6.07) is 7.65. The average molecular weight is 338 g/mol. The van der Waals surface area contributed by atoms with Crippen LogP contribution in [0.2, 0.25) is 0 Å². The van der Waals surface area contributed by atoms with Crippen LogP contribution in [0.1, 0.15) is 50.6 Å². The molecule has 2 heterocycles. The van der Waals surface area contributed by atoms with Gasteiger partial charge in [-0.15, -0.1) is 12.3 Å². The molecule has 0 fully saturated rings. The van der Waals surface area contributed by atoms with Gasteiger partial charge >= 0.3 is 0 Å². The minimum Gasteiger partial charge on any atom is -0.349 e. The maximum absolute atomic E-state index is 12.4. The molecule has 0 aliphatic carbocycles. The predicted octanol–water partition coefficient (Wildman–Crippen LogP) is 2.96. The molecule has 0 saturated heterocycles. The zero-order valence-electron chi connectivity index (χ0n) is 14.4. The number of carbonyl (C=O) groups excluding carboxylic acids is 2. The first-order chi connectivity index (χ1) is 12.0. The molecule has 1 N–H and O–H groups in total. The van der Waals surface area contributed by atoms with Gasteiger partial charge in [0.15, 0.2) is 5.66 Å². The van der Waals surface area contributed by atoms with Crippen molar-refractivity contribution in [3.05, 3.63) is 29.8 Å². The van der Waals surface area contributed by atoms with Crippen molar-refractivity contribution in [2.75, 3.05) is 11.4 Å². The molecule has 2 amide bonds. The summed E-state index contributed by atoms with van der Waals surface area (Å²) in [5.74, 6) is 2.59. The number of amides is 2. The monoisotopic (exact) mass is 338 g/mol. The van der Waals surface area contributed by atoms with Crippen molar-refractivity contribution in [2.45, 2.75) is 50.7 Å². The fraction of sp³-hybridized carbons (Fsp3) is 0.474. The maximum atomic E-state index is 12.4. The summed E-state index contributed by atoms with van der Waals surface area (Å²) < 4.78 is 0. The lowest BCUT2D eigenvalue weighted by molar-refractivity contribution is -0.122. The summed E-state index contributed by atoms with van der Waals surface area (Å²) in [6.07, 6.45) is 8.27. The van der Waals surface area contributed by atoms with Crippen molar-refractivity contribution in [3.63, 3.8) is 0 Å². The van der Waals surface area contributed by atoms with Gasteiger partial charge in [0.2, 0.25) is 11.8 Å². The topological polar surface area (TPSA) is 74.1 Å². The number of carbonyl (C=O) groups is 2. The summed E-state index contributed by atoms with van der Waals surface area (Å²) in [7, 11) is 0. The Labute approximate surface area is 147 Å². The quantitative estimate of drug-likeness (QED) is 0.810. The highest BCUT2D eigenvalue weighted by molar-refractivity contribution is 5.93. The molecule has 0 saturated carbocycles. The van der Waals surface area contributed by atoms with E-state index in [1.54, 1.807) is 11.8 Å². The zero-order chi connectivity index (χ0) is 17.9. The van der Waals surface area contributed by atoms with E-state index in [0.29, 0.717) is 38.6 Å². The van der Waals surface area contributed by atoms with Crippen LogP contribution in [0.3, 0.4) is 0 Å². The van der Waals surface area contributed by atoms with E-state index in [1.165, 1.54) is 0 Å². The van der Waals surface area contributed by atoms with E-state index in [9.17, 15) is 9.59 Å². The molecule has 0 spiro atoms. The Morgan fingerprint density at radius 1 is 1.36 bits per heavy atom. The third kappa shape index (κ3) is 3.87. The second-order valence-corrected chi connectivity index (χ2v) is 6.52. The van der Waals surface area contributed by atoms with Crippen molar-refractivity contribution < 1.29 is 9.59 Å². The number of para-hydroxylation sites is 1. The van der Waals surface area contributed by atoms with Gasteiger partial charge in [-0.05, 0) is 18.1 Å². The Hall–Kier alpha value is -2.68. The van der Waals surface area contributed by atoms with Crippen LogP contribution in [0.5, 0.6) is 0 Å². The molecular weight excluding hydrogens is 316 g/mol. The molecule has 1 unspecified atom stereocenters. The SMILES string of the molecule is C#CCCC1(CCC(=O)NC2CCN(C(C)=O)c3ccccc32)N=N1. The normalized spacial score (nSPS) is 19.7. The largest absolute Gasteiger partial charge is 0.349 e. The van der Waals surface area contributed by atoms with Gasteiger partial charge < -0.3 is 10.2 Å². The number of hydrogen-bond donors (Lipinski definition) is 1. The van der Waals surface area contributed by atoms with Crippen LogP contribution < -0.4 is 10.2 Å². The van der Waals surface area contributed by atoms with Crippen molar-refractivity contribution in [2.24, 2.45) is 10.2 Å². The van der Waals surface area contributed by atoms with E-state index in [-0.39, 0.29) is 17.9 Å². The summed E-state index contributed by atoms with van der Waals surface area (Å²) in [5.41, 5.74) is 1.43. The Morgan fingerprint density at radius 3 is 2.80 bits per heavy atom. The molecule has 1 aromatic rings. The van der Waals surface area contributed by atoms with Gasteiger partial charge in [-0.2, -0.15) is 10.2 Å². The lowest BCUT2D eigenvalue weighted by atomic mass is 9.95. The Bertz CT molecular complexity index is 744. The van der Waals surface area contributed by atoms with Crippen LogP contribution in [-0.2, 0) is 9.59 Å². The third-order valence-electron chi connectivity index (χ3n) is 4.76. The number of terminal acetylenes is 1. The molecule has 6 nitrogen and oxygen atoms in total. The van der Waals surface area contributed by atoms with Gasteiger partial charge in [0.25, 0.3) is 0 Å². The summed E-state index contributed by atoms with van der Waals surface area (Å²) in [4.78, 5) is 25.9. The maximum Gasteiger partial charge on any atom is 0.223 e. The number of fused-ring (bicyclic) bond motifs is 1. The first-order valence-electron chi connectivity index (χ1n) is 8.58. The zero-order valence-corrected chi connectivity index (χ0v) is 14.4. The first-order valence-corrected chi connectivity index (χ1v) is 8.58. The molecule has 6 heteroatoms. The van der Waals surface area contributed by atoms with Crippen LogP contribution >= 0.6 is 0 Å². The minimum absolute atomic E-state index is 0.0182. The second-order valence-electron chi connectivity index (χ2n) is 6.52. The van der Waals surface area contributed by atoms with Gasteiger partial charge in [-0.3, -0.25) is 9.59 Å². The molecule has 0 radical (unpaired) electrons. The molecule has 2 aliphatic rings. The van der Waals surface area contributed by atoms with Gasteiger partial charge in [-0.25, -0.2) is 0 Å². The fourth-order valence-corrected chi connectivity index (χ4v) is 3.29. The Balaban J connectivity index is 1.60. The molecule has 3 rings (SSSR count). The molecule has 130 valence electrons. The number of anilines is 1. The van der Waals surface area contributed by atoms with Crippen LogP contribution in [0, 0.1) is 12.3 Å². The lowest BCUT2D eigenvalue weighted by Gasteiger charge is -2.34. The van der Waals surface area contributed by atoms with Crippen LogP contribution in [0.4, 0.5) is 5.69 Å². The summed E-state index contributed by atoms with van der Waals surface area (Å²) >= 11 is 0. The minimum atomic E-state index is -0.431. The number of hydrogen-bond acceptors (Lipinski definition) is 4. The molecule has 1 aromatic carbocycles. The van der Waals surface area contributed by atoms with E-state index in [4.69, 9.17) is 6.42 Å². The van der Waals surface area contributed by atoms with E-state index in [0.717, 1.165) is 11.3 Å². The van der Waals surface area contributed by atoms with Crippen molar-refractivity contribution >= 4 is 17.5 Å². The van der Waals surface area contributed by atoms with Gasteiger partial charge in [0, 0.05) is 44.8 Å². The smallest absolute Gasteiger partial charge is 0.223 e.